The van der Waals surface area contributed by atoms with Crippen molar-refractivity contribution >= 4 is 22.8 Å². The smallest absolute Gasteiger partial charge is 0.416 e. The Kier molecular flexibility index (Phi) is 5.86. The van der Waals surface area contributed by atoms with E-state index in [1.807, 2.05) is 0 Å². The fourth-order valence-electron chi connectivity index (χ4n) is 5.84. The van der Waals surface area contributed by atoms with E-state index >= 15 is 0 Å². The molecule has 2 fully saturated rings. The van der Waals surface area contributed by atoms with E-state index in [1.54, 1.807) is 30.9 Å². The molecule has 2 amide bonds. The highest BCUT2D eigenvalue weighted by atomic mass is 19.4. The highest BCUT2D eigenvalue weighted by molar-refractivity contribution is 5.98. The predicted molar refractivity (Wildman–Crippen MR) is 137 cm³/mol. The Hall–Kier alpha value is -4.42. The van der Waals surface area contributed by atoms with E-state index in [0.29, 0.717) is 28.0 Å². The molecule has 0 atom stereocenters. The molecule has 0 aliphatic heterocycles. The van der Waals surface area contributed by atoms with Crippen LogP contribution in [0.2, 0.25) is 0 Å². The number of rotatable bonds is 6. The van der Waals surface area contributed by atoms with Crippen LogP contribution in [0.5, 0.6) is 5.88 Å². The van der Waals surface area contributed by atoms with Gasteiger partial charge >= 0.3 is 6.18 Å². The number of hydrogen-bond acceptors (Lipinski definition) is 6. The molecule has 4 aromatic rings. The number of pyridine rings is 1. The van der Waals surface area contributed by atoms with Crippen molar-refractivity contribution in [1.29, 1.82) is 0 Å². The number of carbonyl (C=O) groups excluding carboxylic acids is 2. The summed E-state index contributed by atoms with van der Waals surface area (Å²) in [5.41, 5.74) is 7.00. The zero-order chi connectivity index (χ0) is 28.4. The maximum Gasteiger partial charge on any atom is 0.416 e. The largest absolute Gasteiger partial charge is 0.474 e. The maximum atomic E-state index is 12.9. The molecular formula is C27H26F3N7O3. The van der Waals surface area contributed by atoms with Gasteiger partial charge < -0.3 is 15.8 Å². The normalized spacial score (nSPS) is 22.1. The minimum absolute atomic E-state index is 0.00707. The number of carbonyl (C=O) groups is 2. The summed E-state index contributed by atoms with van der Waals surface area (Å²) >= 11 is 0. The first kappa shape index (κ1) is 25.8. The number of fused-ring (bicyclic) bond motifs is 1. The van der Waals surface area contributed by atoms with Gasteiger partial charge in [-0.1, -0.05) is 0 Å². The molecule has 1 aromatic carbocycles. The molecule has 1 spiro atoms. The first-order valence-corrected chi connectivity index (χ1v) is 12.7. The second-order valence-electron chi connectivity index (χ2n) is 10.7. The van der Waals surface area contributed by atoms with Gasteiger partial charge in [-0.25, -0.2) is 4.68 Å². The number of ether oxygens (including phenoxy) is 1. The zero-order valence-electron chi connectivity index (χ0n) is 21.7. The Morgan fingerprint density at radius 2 is 1.77 bits per heavy atom. The summed E-state index contributed by atoms with van der Waals surface area (Å²) < 4.78 is 47.7. The van der Waals surface area contributed by atoms with Gasteiger partial charge in [0, 0.05) is 18.5 Å². The molecule has 40 heavy (non-hydrogen) atoms. The van der Waals surface area contributed by atoms with Gasteiger partial charge in [-0.15, -0.1) is 0 Å². The van der Waals surface area contributed by atoms with Crippen LogP contribution in [0.15, 0.2) is 42.7 Å². The van der Waals surface area contributed by atoms with Crippen molar-refractivity contribution in [1.82, 2.24) is 29.9 Å². The van der Waals surface area contributed by atoms with Crippen molar-refractivity contribution in [2.45, 2.75) is 50.9 Å². The number of hydrogen-bond donors (Lipinski definition) is 2. The van der Waals surface area contributed by atoms with Crippen molar-refractivity contribution in [3.8, 4) is 11.6 Å². The lowest BCUT2D eigenvalue weighted by atomic mass is 9.53. The van der Waals surface area contributed by atoms with Crippen molar-refractivity contribution in [2.24, 2.45) is 18.2 Å². The first-order valence-electron chi connectivity index (χ1n) is 12.7. The summed E-state index contributed by atoms with van der Waals surface area (Å²) in [6.07, 6.45) is 1.63. The second-order valence-corrected chi connectivity index (χ2v) is 10.7. The average Bonchev–Trinajstić information content (AvgIpc) is 3.42. The van der Waals surface area contributed by atoms with Crippen molar-refractivity contribution in [2.75, 3.05) is 0 Å². The number of aromatic nitrogens is 5. The van der Waals surface area contributed by atoms with E-state index in [2.05, 4.69) is 20.5 Å². The molecule has 2 aliphatic carbocycles. The summed E-state index contributed by atoms with van der Waals surface area (Å²) in [7, 11) is 1.76. The molecule has 2 aliphatic rings. The van der Waals surface area contributed by atoms with Crippen LogP contribution in [0.4, 0.5) is 13.2 Å². The lowest BCUT2D eigenvalue weighted by molar-refractivity contribution is -0.137. The SMILES string of the molecule is Cc1c(C(=O)NC2CC3(C2)CC(Oc2nc4c(cnn4C)cc2C(N)=O)C3)cnn1-c1ccc(C(F)(F)F)cc1. The molecule has 13 heteroatoms. The van der Waals surface area contributed by atoms with Crippen LogP contribution in [0, 0.1) is 12.3 Å². The number of primary amides is 1. The van der Waals surface area contributed by atoms with Gasteiger partial charge in [0.05, 0.1) is 34.9 Å². The predicted octanol–water partition coefficient (Wildman–Crippen LogP) is 3.70. The topological polar surface area (TPSA) is 130 Å². The van der Waals surface area contributed by atoms with Gasteiger partial charge in [0.2, 0.25) is 5.88 Å². The molecule has 2 saturated carbocycles. The molecular weight excluding hydrogens is 527 g/mol. The van der Waals surface area contributed by atoms with Crippen LogP contribution in [0.3, 0.4) is 0 Å². The maximum absolute atomic E-state index is 12.9. The lowest BCUT2D eigenvalue weighted by Gasteiger charge is -2.57. The summed E-state index contributed by atoms with van der Waals surface area (Å²) in [5.74, 6) is -0.693. The molecule has 10 nitrogen and oxygen atoms in total. The van der Waals surface area contributed by atoms with Crippen LogP contribution in [-0.4, -0.2) is 48.5 Å². The Morgan fingerprint density at radius 1 is 1.07 bits per heavy atom. The molecule has 3 N–H and O–H groups in total. The van der Waals surface area contributed by atoms with Gasteiger partial charge in [-0.05, 0) is 68.4 Å². The highest BCUT2D eigenvalue weighted by Gasteiger charge is 2.54. The monoisotopic (exact) mass is 553 g/mol. The molecule has 3 heterocycles. The van der Waals surface area contributed by atoms with E-state index < -0.39 is 17.6 Å². The van der Waals surface area contributed by atoms with Crippen molar-refractivity contribution in [3.05, 3.63) is 65.1 Å². The number of aryl methyl sites for hydroxylation is 1. The molecule has 208 valence electrons. The lowest BCUT2D eigenvalue weighted by Crippen LogP contribution is -2.58. The van der Waals surface area contributed by atoms with E-state index in [1.165, 1.54) is 23.0 Å². The second kappa shape index (κ2) is 9.07. The first-order chi connectivity index (χ1) is 18.9. The van der Waals surface area contributed by atoms with E-state index in [0.717, 1.165) is 37.8 Å². The Morgan fingerprint density at radius 3 is 2.42 bits per heavy atom. The van der Waals surface area contributed by atoms with Gasteiger partial charge in [-0.3, -0.25) is 14.3 Å². The summed E-state index contributed by atoms with van der Waals surface area (Å²) in [5, 5.41) is 12.1. The Balaban J connectivity index is 1.05. The van der Waals surface area contributed by atoms with E-state index in [9.17, 15) is 22.8 Å². The Bertz CT molecular complexity index is 1630. The standard InChI is InChI=1S/C27H26F3N7O3/c1-14-21(13-33-37(14)18-5-3-16(4-6-18)27(28,29)30)24(39)34-17-8-26(9-17)10-19(11-26)40-25-20(22(31)38)7-15-12-32-36(2)23(15)35-25/h3-7,12-13,17,19H,8-11H2,1-2H3,(H2,31,38)(H,34,39). The summed E-state index contributed by atoms with van der Waals surface area (Å²) in [6.45, 7) is 1.70. The van der Waals surface area contributed by atoms with Crippen LogP contribution < -0.4 is 15.8 Å². The van der Waals surface area contributed by atoms with Crippen LogP contribution in [0.25, 0.3) is 16.7 Å². The quantitative estimate of drug-likeness (QED) is 0.375. The fourth-order valence-corrected chi connectivity index (χ4v) is 5.84. The number of halogens is 3. The molecule has 3 aromatic heterocycles. The number of alkyl halides is 3. The van der Waals surface area contributed by atoms with Crippen LogP contribution >= 0.6 is 0 Å². The summed E-state index contributed by atoms with van der Waals surface area (Å²) in [6, 6.07) is 6.26. The highest BCUT2D eigenvalue weighted by Crippen LogP contribution is 2.57. The van der Waals surface area contributed by atoms with Gasteiger partial charge in [0.15, 0.2) is 5.65 Å². The van der Waals surface area contributed by atoms with Crippen molar-refractivity contribution < 1.29 is 27.5 Å². The molecule has 0 radical (unpaired) electrons. The number of nitrogens with two attached hydrogens (primary N) is 1. The number of nitrogens with one attached hydrogen (secondary N) is 1. The third-order valence-corrected chi connectivity index (χ3v) is 7.93. The van der Waals surface area contributed by atoms with Gasteiger partial charge in [0.25, 0.3) is 11.8 Å². The molecule has 0 saturated heterocycles. The van der Waals surface area contributed by atoms with E-state index in [-0.39, 0.29) is 34.9 Å². The van der Waals surface area contributed by atoms with Crippen LogP contribution in [0.1, 0.15) is 57.7 Å². The van der Waals surface area contributed by atoms with Gasteiger partial charge in [-0.2, -0.15) is 28.4 Å². The average molecular weight is 554 g/mol. The summed E-state index contributed by atoms with van der Waals surface area (Å²) in [4.78, 5) is 29.4. The minimum atomic E-state index is -4.42. The number of benzene rings is 1. The van der Waals surface area contributed by atoms with E-state index in [4.69, 9.17) is 10.5 Å². The van der Waals surface area contributed by atoms with Gasteiger partial charge in [0.1, 0.15) is 11.7 Å². The Labute approximate surface area is 226 Å². The fraction of sp³-hybridized carbons (Fsp3) is 0.370. The molecule has 0 bridgehead atoms. The molecule has 0 unspecified atom stereocenters. The number of amides is 2. The molecule has 6 rings (SSSR count). The van der Waals surface area contributed by atoms with Crippen molar-refractivity contribution in [3.63, 3.8) is 0 Å². The number of nitrogens with zero attached hydrogens (tertiary/aromatic N) is 5. The zero-order valence-corrected chi connectivity index (χ0v) is 21.7. The third-order valence-electron chi connectivity index (χ3n) is 7.93. The minimum Gasteiger partial charge on any atom is -0.474 e. The van der Waals surface area contributed by atoms with Crippen LogP contribution in [-0.2, 0) is 13.2 Å². The third kappa shape index (κ3) is 4.44.